The lowest BCUT2D eigenvalue weighted by Crippen LogP contribution is -1.96. The molecule has 0 atom stereocenters. The summed E-state index contributed by atoms with van der Waals surface area (Å²) in [7, 11) is 0. The summed E-state index contributed by atoms with van der Waals surface area (Å²) < 4.78 is 9.70. The van der Waals surface area contributed by atoms with Gasteiger partial charge in [-0.1, -0.05) is 285 Å². The molecule has 0 aliphatic heterocycles. The SMILES string of the molecule is c1ccc(-c2cc(-c3ccccc3)cc(-n3c4ccccc4c4c(-c5cccc6c5c5ccccc5n6-c5ccccc5)cccc43)c2)cc1.c1ccc(-c2ccccc2-c2cccc(-n3c4ccccc4c4c(-c5cccc6c5c5ccccc5n6-c5ccccc5)cccc43)c2)cc1. The second kappa shape index (κ2) is 24.4. The van der Waals surface area contributed by atoms with Gasteiger partial charge in [-0.15, -0.1) is 0 Å². The zero-order valence-corrected chi connectivity index (χ0v) is 54.7. The van der Waals surface area contributed by atoms with Crippen LogP contribution in [0.4, 0.5) is 0 Å². The van der Waals surface area contributed by atoms with Gasteiger partial charge >= 0.3 is 0 Å². The third kappa shape index (κ3) is 9.68. The Morgan fingerprint density at radius 3 is 0.750 bits per heavy atom. The first-order valence-corrected chi connectivity index (χ1v) is 34.4. The summed E-state index contributed by atoms with van der Waals surface area (Å²) in [6, 6.07) is 141. The van der Waals surface area contributed by atoms with E-state index in [4.69, 9.17) is 0 Å². The molecule has 4 heterocycles. The first-order chi connectivity index (χ1) is 49.7. The van der Waals surface area contributed by atoms with E-state index in [1.54, 1.807) is 0 Å². The highest BCUT2D eigenvalue weighted by molar-refractivity contribution is 6.24. The lowest BCUT2D eigenvalue weighted by atomic mass is 9.94. The molecule has 4 aromatic heterocycles. The van der Waals surface area contributed by atoms with Gasteiger partial charge in [0.2, 0.25) is 0 Å². The van der Waals surface area contributed by atoms with Crippen LogP contribution in [0.1, 0.15) is 0 Å². The molecule has 0 saturated heterocycles. The van der Waals surface area contributed by atoms with Gasteiger partial charge in [0.25, 0.3) is 0 Å². The van der Waals surface area contributed by atoms with Crippen molar-refractivity contribution >= 4 is 87.2 Å². The molecule has 0 radical (unpaired) electrons. The van der Waals surface area contributed by atoms with Crippen molar-refractivity contribution in [3.05, 3.63) is 388 Å². The molecular formula is C96H64N4. The minimum Gasteiger partial charge on any atom is -0.309 e. The van der Waals surface area contributed by atoms with Crippen molar-refractivity contribution in [2.75, 3.05) is 0 Å². The summed E-state index contributed by atoms with van der Waals surface area (Å²) in [5, 5.41) is 10.1. The van der Waals surface area contributed by atoms with Gasteiger partial charge in [0.1, 0.15) is 0 Å². The van der Waals surface area contributed by atoms with Crippen LogP contribution in [-0.4, -0.2) is 18.3 Å². The van der Waals surface area contributed by atoms with E-state index in [9.17, 15) is 0 Å². The molecule has 0 N–H and O–H groups in total. The highest BCUT2D eigenvalue weighted by Gasteiger charge is 2.24. The summed E-state index contributed by atoms with van der Waals surface area (Å²) in [6.45, 7) is 0. The Balaban J connectivity index is 0.000000139. The van der Waals surface area contributed by atoms with Crippen molar-refractivity contribution < 1.29 is 0 Å². The Kier molecular flexibility index (Phi) is 14.2. The molecule has 0 aliphatic carbocycles. The Hall–Kier alpha value is -13.3. The molecule has 0 fully saturated rings. The maximum absolute atomic E-state index is 2.46. The Labute approximate surface area is 579 Å². The number of rotatable bonds is 10. The zero-order chi connectivity index (χ0) is 66.0. The lowest BCUT2D eigenvalue weighted by molar-refractivity contribution is 1.18. The van der Waals surface area contributed by atoms with Crippen LogP contribution < -0.4 is 0 Å². The molecule has 100 heavy (non-hydrogen) atoms. The maximum Gasteiger partial charge on any atom is 0.0547 e. The van der Waals surface area contributed by atoms with Gasteiger partial charge in [0.05, 0.1) is 44.1 Å². The molecule has 0 aliphatic rings. The molecule has 0 amide bonds. The minimum absolute atomic E-state index is 1.15. The number of aromatic nitrogens is 4. The number of benzene rings is 16. The van der Waals surface area contributed by atoms with E-state index >= 15 is 0 Å². The number of hydrogen-bond acceptors (Lipinski definition) is 0. The highest BCUT2D eigenvalue weighted by Crippen LogP contribution is 2.47. The first kappa shape index (κ1) is 58.1. The fraction of sp³-hybridized carbons (Fsp3) is 0. The van der Waals surface area contributed by atoms with E-state index in [0.717, 1.165) is 17.1 Å². The molecule has 0 unspecified atom stereocenters. The van der Waals surface area contributed by atoms with Crippen LogP contribution >= 0.6 is 0 Å². The predicted octanol–water partition coefficient (Wildman–Crippen LogP) is 25.8. The normalized spacial score (nSPS) is 11.6. The standard InChI is InChI=1S/2C48H32N2/c1-4-16-33(17-5-1)35-30-36(34-18-6-2-7-19-34)32-38(31-35)50-44-27-13-11-23-42(44)48-40(25-15-29-46(48)50)39-24-14-28-45-47(39)41-22-10-12-26-43(41)49(45)37-20-8-3-9-21-37;1-3-16-33(17-4-1)37-22-7-8-23-38(37)34-18-13-21-36(32-34)50-44-29-12-10-25-42(44)48-40(27-15-31-46(48)50)39-26-14-30-45-47(39)41-24-9-11-28-43(41)49(45)35-19-5-2-6-20-35/h2*1-32H. The number of nitrogens with zero attached hydrogens (tertiary/aromatic N) is 4. The molecule has 468 valence electrons. The monoisotopic (exact) mass is 1270 g/mol. The van der Waals surface area contributed by atoms with Crippen LogP contribution in [0.5, 0.6) is 0 Å². The van der Waals surface area contributed by atoms with Crippen LogP contribution in [0.3, 0.4) is 0 Å². The van der Waals surface area contributed by atoms with E-state index in [1.807, 2.05) is 0 Å². The van der Waals surface area contributed by atoms with Gasteiger partial charge in [-0.3, -0.25) is 0 Å². The number of hydrogen-bond donors (Lipinski definition) is 0. The number of fused-ring (bicyclic) bond motifs is 12. The predicted molar refractivity (Wildman–Crippen MR) is 423 cm³/mol. The zero-order valence-electron chi connectivity index (χ0n) is 54.7. The smallest absolute Gasteiger partial charge is 0.0547 e. The third-order valence-corrected chi connectivity index (χ3v) is 20.2. The average molecular weight is 1270 g/mol. The second-order valence-electron chi connectivity index (χ2n) is 25.8. The largest absolute Gasteiger partial charge is 0.309 e. The quantitative estimate of drug-likeness (QED) is 0.130. The van der Waals surface area contributed by atoms with Gasteiger partial charge in [-0.05, 0) is 170 Å². The topological polar surface area (TPSA) is 19.7 Å². The Morgan fingerprint density at radius 2 is 0.370 bits per heavy atom. The van der Waals surface area contributed by atoms with Gasteiger partial charge in [0.15, 0.2) is 0 Å². The van der Waals surface area contributed by atoms with E-state index < -0.39 is 0 Å². The molecule has 0 bridgehead atoms. The molecule has 20 rings (SSSR count). The Bertz CT molecular complexity index is 6430. The van der Waals surface area contributed by atoms with Crippen LogP contribution in [0.15, 0.2) is 388 Å². The molecule has 4 nitrogen and oxygen atoms in total. The van der Waals surface area contributed by atoms with Crippen LogP contribution in [0.2, 0.25) is 0 Å². The van der Waals surface area contributed by atoms with Gasteiger partial charge in [-0.25, -0.2) is 0 Å². The van der Waals surface area contributed by atoms with Gasteiger partial charge in [-0.2, -0.15) is 0 Å². The van der Waals surface area contributed by atoms with Crippen molar-refractivity contribution in [1.82, 2.24) is 18.3 Å². The first-order valence-electron chi connectivity index (χ1n) is 34.4. The van der Waals surface area contributed by atoms with Crippen molar-refractivity contribution in [1.29, 1.82) is 0 Å². The summed E-state index contributed by atoms with van der Waals surface area (Å²) >= 11 is 0. The molecule has 20 aromatic rings. The minimum atomic E-state index is 1.15. The highest BCUT2D eigenvalue weighted by atomic mass is 15.0. The molecule has 0 saturated carbocycles. The van der Waals surface area contributed by atoms with E-state index in [2.05, 4.69) is 407 Å². The Morgan fingerprint density at radius 1 is 0.130 bits per heavy atom. The molecular weight excluding hydrogens is 1210 g/mol. The second-order valence-corrected chi connectivity index (χ2v) is 25.8. The van der Waals surface area contributed by atoms with E-state index in [-0.39, 0.29) is 0 Å². The summed E-state index contributed by atoms with van der Waals surface area (Å²) in [5.41, 5.74) is 28.9. The lowest BCUT2D eigenvalue weighted by Gasteiger charge is -2.14. The summed E-state index contributed by atoms with van der Waals surface area (Å²) in [6.07, 6.45) is 0. The summed E-state index contributed by atoms with van der Waals surface area (Å²) in [4.78, 5) is 0. The van der Waals surface area contributed by atoms with E-state index in [0.29, 0.717) is 0 Å². The van der Waals surface area contributed by atoms with E-state index in [1.165, 1.54) is 160 Å². The third-order valence-electron chi connectivity index (χ3n) is 20.2. The van der Waals surface area contributed by atoms with Crippen molar-refractivity contribution in [3.63, 3.8) is 0 Å². The number of para-hydroxylation sites is 6. The molecule has 0 spiro atoms. The van der Waals surface area contributed by atoms with Crippen molar-refractivity contribution in [2.45, 2.75) is 0 Å². The van der Waals surface area contributed by atoms with Gasteiger partial charge < -0.3 is 18.3 Å². The fourth-order valence-corrected chi connectivity index (χ4v) is 16.0. The van der Waals surface area contributed by atoms with Crippen molar-refractivity contribution in [3.8, 4) is 89.5 Å². The maximum atomic E-state index is 2.46. The molecule has 4 heteroatoms. The fourth-order valence-electron chi connectivity index (χ4n) is 16.0. The molecule has 16 aromatic carbocycles. The summed E-state index contributed by atoms with van der Waals surface area (Å²) in [5.74, 6) is 0. The van der Waals surface area contributed by atoms with Crippen molar-refractivity contribution in [2.24, 2.45) is 0 Å². The average Bonchev–Trinajstić information content (AvgIpc) is 1.57. The van der Waals surface area contributed by atoms with Gasteiger partial charge in [0, 0.05) is 65.8 Å². The van der Waals surface area contributed by atoms with Crippen LogP contribution in [-0.2, 0) is 0 Å². The van der Waals surface area contributed by atoms with Crippen LogP contribution in [0.25, 0.3) is 177 Å². The van der Waals surface area contributed by atoms with Crippen LogP contribution in [0, 0.1) is 0 Å².